The summed E-state index contributed by atoms with van der Waals surface area (Å²) in [6.07, 6.45) is 3.52. The zero-order valence-corrected chi connectivity index (χ0v) is 9.44. The third-order valence-electron chi connectivity index (χ3n) is 3.03. The summed E-state index contributed by atoms with van der Waals surface area (Å²) in [5, 5.41) is 0. The molecule has 0 atom stereocenters. The summed E-state index contributed by atoms with van der Waals surface area (Å²) in [6.45, 7) is 0. The smallest absolute Gasteiger partial charge is 0.350 e. The van der Waals surface area contributed by atoms with E-state index < -0.39 is 5.60 Å². The number of carbonyl (C=O) groups is 1. The van der Waals surface area contributed by atoms with Crippen molar-refractivity contribution in [2.24, 2.45) is 0 Å². The maximum Gasteiger partial charge on any atom is 0.350 e. The van der Waals surface area contributed by atoms with Crippen molar-refractivity contribution in [3.8, 4) is 5.75 Å². The SMILES string of the molecule is COC(=O)C1(Oc2ccccc2)CCCC1. The molecule has 1 aromatic rings. The molecule has 3 nitrogen and oxygen atoms in total. The van der Waals surface area contributed by atoms with E-state index in [0.717, 1.165) is 31.4 Å². The molecule has 0 radical (unpaired) electrons. The Morgan fingerprint density at radius 2 is 1.81 bits per heavy atom. The number of hydrogen-bond donors (Lipinski definition) is 0. The molecule has 0 amide bonds. The summed E-state index contributed by atoms with van der Waals surface area (Å²) in [7, 11) is 1.41. The van der Waals surface area contributed by atoms with Crippen LogP contribution in [0.2, 0.25) is 0 Å². The summed E-state index contributed by atoms with van der Waals surface area (Å²) in [4.78, 5) is 11.8. The van der Waals surface area contributed by atoms with Gasteiger partial charge in [-0.2, -0.15) is 0 Å². The molecule has 16 heavy (non-hydrogen) atoms. The Labute approximate surface area is 95.4 Å². The molecular weight excluding hydrogens is 204 g/mol. The van der Waals surface area contributed by atoms with Gasteiger partial charge in [0.25, 0.3) is 0 Å². The Bertz CT molecular complexity index is 353. The van der Waals surface area contributed by atoms with E-state index in [4.69, 9.17) is 9.47 Å². The fourth-order valence-corrected chi connectivity index (χ4v) is 2.19. The molecule has 0 aromatic heterocycles. The number of ether oxygens (including phenoxy) is 2. The Balaban J connectivity index is 2.18. The Hall–Kier alpha value is -1.51. The molecule has 1 aliphatic carbocycles. The van der Waals surface area contributed by atoms with Gasteiger partial charge < -0.3 is 9.47 Å². The van der Waals surface area contributed by atoms with Gasteiger partial charge >= 0.3 is 5.97 Å². The van der Waals surface area contributed by atoms with E-state index in [1.165, 1.54) is 7.11 Å². The number of methoxy groups -OCH3 is 1. The lowest BCUT2D eigenvalue weighted by atomic mass is 10.0. The highest BCUT2D eigenvalue weighted by Gasteiger charge is 2.44. The third-order valence-corrected chi connectivity index (χ3v) is 3.03. The first-order valence-electron chi connectivity index (χ1n) is 5.59. The summed E-state index contributed by atoms with van der Waals surface area (Å²) in [5.74, 6) is 0.476. The van der Waals surface area contributed by atoms with Crippen molar-refractivity contribution in [2.75, 3.05) is 7.11 Å². The average molecular weight is 220 g/mol. The first-order valence-corrected chi connectivity index (χ1v) is 5.59. The van der Waals surface area contributed by atoms with Gasteiger partial charge in [-0.25, -0.2) is 4.79 Å². The first kappa shape index (κ1) is 11.0. The molecule has 0 saturated heterocycles. The van der Waals surface area contributed by atoms with E-state index in [1.54, 1.807) is 0 Å². The topological polar surface area (TPSA) is 35.5 Å². The fourth-order valence-electron chi connectivity index (χ4n) is 2.19. The lowest BCUT2D eigenvalue weighted by Gasteiger charge is -2.27. The van der Waals surface area contributed by atoms with Crippen LogP contribution in [0.4, 0.5) is 0 Å². The highest BCUT2D eigenvalue weighted by atomic mass is 16.6. The summed E-state index contributed by atoms with van der Waals surface area (Å²) >= 11 is 0. The van der Waals surface area contributed by atoms with Crippen LogP contribution in [0, 0.1) is 0 Å². The first-order chi connectivity index (χ1) is 7.77. The second kappa shape index (κ2) is 4.56. The summed E-state index contributed by atoms with van der Waals surface area (Å²) < 4.78 is 10.7. The predicted molar refractivity (Wildman–Crippen MR) is 60.3 cm³/mol. The van der Waals surface area contributed by atoms with Crippen LogP contribution in [0.1, 0.15) is 25.7 Å². The van der Waals surface area contributed by atoms with E-state index in [1.807, 2.05) is 30.3 Å². The second-order valence-corrected chi connectivity index (χ2v) is 4.11. The van der Waals surface area contributed by atoms with E-state index in [0.29, 0.717) is 0 Å². The quantitative estimate of drug-likeness (QED) is 0.734. The molecule has 0 N–H and O–H groups in total. The molecule has 1 aromatic carbocycles. The predicted octanol–water partition coefficient (Wildman–Crippen LogP) is 2.55. The van der Waals surface area contributed by atoms with Crippen LogP contribution in [0.3, 0.4) is 0 Å². The minimum absolute atomic E-state index is 0.256. The molecule has 1 fully saturated rings. The lowest BCUT2D eigenvalue weighted by molar-refractivity contribution is -0.158. The molecule has 0 heterocycles. The normalized spacial score (nSPS) is 18.1. The maximum absolute atomic E-state index is 11.8. The van der Waals surface area contributed by atoms with Gasteiger partial charge in [0.05, 0.1) is 7.11 Å². The van der Waals surface area contributed by atoms with Gasteiger partial charge in [-0.05, 0) is 37.8 Å². The number of rotatable bonds is 3. The van der Waals surface area contributed by atoms with Gasteiger partial charge in [0.2, 0.25) is 5.60 Å². The Kier molecular flexibility index (Phi) is 3.13. The standard InChI is InChI=1S/C13H16O3/c1-15-12(14)13(9-5-6-10-13)16-11-7-3-2-4-8-11/h2-4,7-8H,5-6,9-10H2,1H3. The van der Waals surface area contributed by atoms with Crippen molar-refractivity contribution in [3.63, 3.8) is 0 Å². The minimum Gasteiger partial charge on any atom is -0.476 e. The number of hydrogen-bond acceptors (Lipinski definition) is 3. The lowest BCUT2D eigenvalue weighted by Crippen LogP contribution is -2.42. The zero-order valence-electron chi connectivity index (χ0n) is 9.44. The van der Waals surface area contributed by atoms with Gasteiger partial charge in [0.1, 0.15) is 5.75 Å². The van der Waals surface area contributed by atoms with Crippen molar-refractivity contribution < 1.29 is 14.3 Å². The molecule has 0 bridgehead atoms. The third kappa shape index (κ3) is 2.03. The monoisotopic (exact) mass is 220 g/mol. The number of para-hydroxylation sites is 1. The van der Waals surface area contributed by atoms with Crippen LogP contribution >= 0.6 is 0 Å². The highest BCUT2D eigenvalue weighted by Crippen LogP contribution is 2.35. The molecule has 0 aliphatic heterocycles. The second-order valence-electron chi connectivity index (χ2n) is 4.11. The molecular formula is C13H16O3. The van der Waals surface area contributed by atoms with Gasteiger partial charge in [0, 0.05) is 0 Å². The number of esters is 1. The van der Waals surface area contributed by atoms with Crippen LogP contribution in [0.5, 0.6) is 5.75 Å². The van der Waals surface area contributed by atoms with Crippen molar-refractivity contribution in [1.29, 1.82) is 0 Å². The van der Waals surface area contributed by atoms with Crippen molar-refractivity contribution in [2.45, 2.75) is 31.3 Å². The van der Waals surface area contributed by atoms with Gasteiger partial charge in [0.15, 0.2) is 0 Å². The Morgan fingerprint density at radius 1 is 1.19 bits per heavy atom. The highest BCUT2D eigenvalue weighted by molar-refractivity contribution is 5.80. The summed E-state index contributed by atoms with van der Waals surface area (Å²) in [6, 6.07) is 9.45. The van der Waals surface area contributed by atoms with E-state index in [2.05, 4.69) is 0 Å². The van der Waals surface area contributed by atoms with Crippen LogP contribution < -0.4 is 4.74 Å². The molecule has 0 spiro atoms. The van der Waals surface area contributed by atoms with E-state index >= 15 is 0 Å². The van der Waals surface area contributed by atoms with Crippen LogP contribution in [0.15, 0.2) is 30.3 Å². The summed E-state index contributed by atoms with van der Waals surface area (Å²) in [5.41, 5.74) is -0.754. The number of benzene rings is 1. The van der Waals surface area contributed by atoms with Crippen molar-refractivity contribution in [3.05, 3.63) is 30.3 Å². The van der Waals surface area contributed by atoms with Crippen molar-refractivity contribution in [1.82, 2.24) is 0 Å². The molecule has 2 rings (SSSR count). The molecule has 3 heteroatoms. The van der Waals surface area contributed by atoms with Crippen LogP contribution in [0.25, 0.3) is 0 Å². The van der Waals surface area contributed by atoms with E-state index in [-0.39, 0.29) is 5.97 Å². The van der Waals surface area contributed by atoms with Crippen molar-refractivity contribution >= 4 is 5.97 Å². The maximum atomic E-state index is 11.8. The Morgan fingerprint density at radius 3 is 2.38 bits per heavy atom. The number of carbonyl (C=O) groups excluding carboxylic acids is 1. The molecule has 1 aliphatic rings. The zero-order chi connectivity index (χ0) is 11.4. The van der Waals surface area contributed by atoms with Gasteiger partial charge in [-0.1, -0.05) is 18.2 Å². The van der Waals surface area contributed by atoms with E-state index in [9.17, 15) is 4.79 Å². The van der Waals surface area contributed by atoms with Gasteiger partial charge in [-0.3, -0.25) is 0 Å². The molecule has 86 valence electrons. The minimum atomic E-state index is -0.754. The molecule has 0 unspecified atom stereocenters. The molecule has 1 saturated carbocycles. The average Bonchev–Trinajstić information content (AvgIpc) is 2.79. The largest absolute Gasteiger partial charge is 0.476 e. The van der Waals surface area contributed by atoms with Gasteiger partial charge in [-0.15, -0.1) is 0 Å². The van der Waals surface area contributed by atoms with Crippen LogP contribution in [-0.4, -0.2) is 18.7 Å². The fraction of sp³-hybridized carbons (Fsp3) is 0.462. The van der Waals surface area contributed by atoms with Crippen LogP contribution in [-0.2, 0) is 9.53 Å².